The summed E-state index contributed by atoms with van der Waals surface area (Å²) in [6, 6.07) is 15.6. The maximum Gasteiger partial charge on any atom is 0.337 e. The zero-order valence-electron chi connectivity index (χ0n) is 22.0. The topological polar surface area (TPSA) is 117 Å². The largest absolute Gasteiger partial charge is 0.497 e. The molecule has 1 aliphatic rings. The van der Waals surface area contributed by atoms with Gasteiger partial charge in [0.2, 0.25) is 5.95 Å². The van der Waals surface area contributed by atoms with Crippen LogP contribution in [0.2, 0.25) is 0 Å². The number of methoxy groups -OCH3 is 1. The molecule has 2 aromatic carbocycles. The van der Waals surface area contributed by atoms with Crippen LogP contribution in [0.1, 0.15) is 30.1 Å². The van der Waals surface area contributed by atoms with Crippen LogP contribution in [0.3, 0.4) is 0 Å². The van der Waals surface area contributed by atoms with E-state index in [0.29, 0.717) is 36.0 Å². The van der Waals surface area contributed by atoms with Gasteiger partial charge >= 0.3 is 5.69 Å². The van der Waals surface area contributed by atoms with Crippen LogP contribution in [0.15, 0.2) is 64.2 Å². The van der Waals surface area contributed by atoms with Gasteiger partial charge < -0.3 is 15.4 Å². The number of fused-ring (bicyclic) bond motifs is 1. The number of nitrogens with two attached hydrogens (primary N) is 1. The van der Waals surface area contributed by atoms with Crippen LogP contribution >= 0.6 is 0 Å². The molecule has 1 saturated heterocycles. The molecule has 39 heavy (non-hydrogen) atoms. The second-order valence-electron chi connectivity index (χ2n) is 9.45. The molecule has 10 heteroatoms. The van der Waals surface area contributed by atoms with Crippen molar-refractivity contribution >= 4 is 22.9 Å². The monoisotopic (exact) mass is 526 g/mol. The summed E-state index contributed by atoms with van der Waals surface area (Å²) in [5, 5.41) is 0. The maximum atomic E-state index is 14.0. The lowest BCUT2D eigenvalue weighted by atomic mass is 10.1. The van der Waals surface area contributed by atoms with Crippen LogP contribution in [-0.4, -0.2) is 50.7 Å². The Morgan fingerprint density at radius 1 is 1.13 bits per heavy atom. The summed E-state index contributed by atoms with van der Waals surface area (Å²) >= 11 is 0. The molecule has 2 N–H and O–H groups in total. The molecule has 0 spiro atoms. The summed E-state index contributed by atoms with van der Waals surface area (Å²) < 4.78 is 9.33. The minimum atomic E-state index is -0.650. The van der Waals surface area contributed by atoms with E-state index in [9.17, 15) is 14.4 Å². The molecule has 3 heterocycles. The standard InChI is InChI=1S/C29H30N6O4/c1-3-4-16-33-25-26(31-28(33)32-15-9-11-21(30)18-32)35(22-12-6-5-7-13-22)29(38)34(27(25)37)19-24(36)20-10-8-14-23(17-20)39-2/h5-8,10,12-14,17,21H,9,11,15-16,18-19,30H2,1-2H3. The summed E-state index contributed by atoms with van der Waals surface area (Å²) in [5.74, 6) is 6.55. The van der Waals surface area contributed by atoms with Gasteiger partial charge in [-0.15, -0.1) is 5.92 Å². The number of para-hydroxylation sites is 1. The minimum absolute atomic E-state index is 0.0299. The predicted molar refractivity (Wildman–Crippen MR) is 150 cm³/mol. The summed E-state index contributed by atoms with van der Waals surface area (Å²) in [5.41, 5.74) is 6.30. The van der Waals surface area contributed by atoms with Crippen molar-refractivity contribution in [3.8, 4) is 23.3 Å². The van der Waals surface area contributed by atoms with Gasteiger partial charge in [-0.3, -0.25) is 18.7 Å². The lowest BCUT2D eigenvalue weighted by Crippen LogP contribution is -2.44. The number of piperidine rings is 1. The predicted octanol–water partition coefficient (Wildman–Crippen LogP) is 2.19. The Morgan fingerprint density at radius 2 is 1.92 bits per heavy atom. The molecule has 0 radical (unpaired) electrons. The van der Waals surface area contributed by atoms with Gasteiger partial charge in [0.05, 0.1) is 25.9 Å². The summed E-state index contributed by atoms with van der Waals surface area (Å²) in [4.78, 5) is 48.0. The van der Waals surface area contributed by atoms with Crippen molar-refractivity contribution in [2.45, 2.75) is 38.9 Å². The van der Waals surface area contributed by atoms with Crippen LogP contribution in [0, 0.1) is 11.8 Å². The number of rotatable bonds is 7. The molecule has 0 saturated carbocycles. The van der Waals surface area contributed by atoms with Gasteiger partial charge in [0.25, 0.3) is 5.56 Å². The molecular weight excluding hydrogens is 496 g/mol. The average Bonchev–Trinajstić information content (AvgIpc) is 3.33. The van der Waals surface area contributed by atoms with Gasteiger partial charge in [-0.25, -0.2) is 9.36 Å². The van der Waals surface area contributed by atoms with Crippen LogP contribution in [0.25, 0.3) is 16.9 Å². The van der Waals surface area contributed by atoms with Crippen LogP contribution in [-0.2, 0) is 13.1 Å². The fraction of sp³-hybridized carbons (Fsp3) is 0.310. The normalized spacial score (nSPS) is 15.2. The number of hydrogen-bond acceptors (Lipinski definition) is 7. The molecule has 1 fully saturated rings. The molecule has 1 aliphatic heterocycles. The van der Waals surface area contributed by atoms with E-state index in [0.717, 1.165) is 17.4 Å². The van der Waals surface area contributed by atoms with Crippen molar-refractivity contribution in [1.82, 2.24) is 18.7 Å². The summed E-state index contributed by atoms with van der Waals surface area (Å²) in [6.45, 7) is 2.76. The van der Waals surface area contributed by atoms with E-state index in [1.807, 2.05) is 11.0 Å². The molecule has 1 atom stereocenters. The Hall–Kier alpha value is -4.62. The van der Waals surface area contributed by atoms with Crippen molar-refractivity contribution in [3.05, 3.63) is 81.0 Å². The van der Waals surface area contributed by atoms with E-state index >= 15 is 0 Å². The molecule has 0 amide bonds. The Morgan fingerprint density at radius 3 is 2.64 bits per heavy atom. The lowest BCUT2D eigenvalue weighted by Gasteiger charge is -2.31. The first-order valence-corrected chi connectivity index (χ1v) is 12.8. The van der Waals surface area contributed by atoms with Crippen molar-refractivity contribution in [3.63, 3.8) is 0 Å². The third-order valence-corrected chi connectivity index (χ3v) is 6.87. The molecule has 1 unspecified atom stereocenters. The molecule has 4 aromatic rings. The van der Waals surface area contributed by atoms with Crippen molar-refractivity contribution in [2.75, 3.05) is 25.1 Å². The van der Waals surface area contributed by atoms with Gasteiger partial charge in [0.1, 0.15) is 5.75 Å². The van der Waals surface area contributed by atoms with Gasteiger partial charge in [-0.1, -0.05) is 36.3 Å². The smallest absolute Gasteiger partial charge is 0.337 e. The molecule has 10 nitrogen and oxygen atoms in total. The van der Waals surface area contributed by atoms with Crippen molar-refractivity contribution in [2.24, 2.45) is 5.73 Å². The molecule has 2 aromatic heterocycles. The van der Waals surface area contributed by atoms with Crippen molar-refractivity contribution < 1.29 is 9.53 Å². The summed E-state index contributed by atoms with van der Waals surface area (Å²) in [7, 11) is 1.51. The third kappa shape index (κ3) is 4.96. The molecule has 0 bridgehead atoms. The highest BCUT2D eigenvalue weighted by Crippen LogP contribution is 2.24. The number of aromatic nitrogens is 4. The van der Waals surface area contributed by atoms with Crippen LogP contribution < -0.4 is 26.6 Å². The Balaban J connectivity index is 1.76. The molecule has 200 valence electrons. The van der Waals surface area contributed by atoms with Gasteiger partial charge in [0, 0.05) is 24.7 Å². The van der Waals surface area contributed by atoms with E-state index in [4.69, 9.17) is 15.5 Å². The zero-order chi connectivity index (χ0) is 27.5. The molecule has 5 rings (SSSR count). The number of ether oxygens (including phenoxy) is 1. The second-order valence-corrected chi connectivity index (χ2v) is 9.45. The minimum Gasteiger partial charge on any atom is -0.497 e. The van der Waals surface area contributed by atoms with Crippen molar-refractivity contribution in [1.29, 1.82) is 0 Å². The number of carbonyl (C=O) groups is 1. The number of nitrogens with zero attached hydrogens (tertiary/aromatic N) is 5. The number of hydrogen-bond donors (Lipinski definition) is 1. The maximum absolute atomic E-state index is 14.0. The quantitative estimate of drug-likeness (QED) is 0.290. The number of benzene rings is 2. The molecule has 0 aliphatic carbocycles. The highest BCUT2D eigenvalue weighted by Gasteiger charge is 2.28. The number of Topliss-reactive ketones (excluding diaryl/α,β-unsaturated/α-hetero) is 1. The number of anilines is 1. The summed E-state index contributed by atoms with van der Waals surface area (Å²) in [6.07, 6.45) is 1.79. The SMILES string of the molecule is CC#CCn1c(N2CCCC(N)C2)nc2c1c(=O)n(CC(=O)c1cccc(OC)c1)c(=O)n2-c1ccccc1. The van der Waals surface area contributed by atoms with Crippen LogP contribution in [0.5, 0.6) is 5.75 Å². The Labute approximate surface area is 225 Å². The first-order valence-electron chi connectivity index (χ1n) is 12.8. The van der Waals surface area contributed by atoms with E-state index < -0.39 is 23.6 Å². The Kier molecular flexibility index (Phi) is 7.34. The lowest BCUT2D eigenvalue weighted by molar-refractivity contribution is 0.0968. The van der Waals surface area contributed by atoms with E-state index in [-0.39, 0.29) is 23.8 Å². The van der Waals surface area contributed by atoms with Gasteiger partial charge in [0.15, 0.2) is 16.9 Å². The first kappa shape index (κ1) is 26.0. The van der Waals surface area contributed by atoms with E-state index in [1.165, 1.54) is 11.7 Å². The van der Waals surface area contributed by atoms with Gasteiger partial charge in [-0.2, -0.15) is 4.98 Å². The average molecular weight is 527 g/mol. The number of ketones is 1. The van der Waals surface area contributed by atoms with Gasteiger partial charge in [-0.05, 0) is 44.0 Å². The zero-order valence-corrected chi connectivity index (χ0v) is 22.0. The van der Waals surface area contributed by atoms with Crippen LogP contribution in [0.4, 0.5) is 5.95 Å². The Bertz CT molecular complexity index is 1710. The highest BCUT2D eigenvalue weighted by atomic mass is 16.5. The number of imidazole rings is 1. The fourth-order valence-electron chi connectivity index (χ4n) is 4.94. The first-order chi connectivity index (χ1) is 18.9. The second kappa shape index (κ2) is 11.0. The van der Waals surface area contributed by atoms with E-state index in [2.05, 4.69) is 11.8 Å². The van der Waals surface area contributed by atoms with E-state index in [1.54, 1.807) is 60.0 Å². The third-order valence-electron chi connectivity index (χ3n) is 6.87. The fourth-order valence-corrected chi connectivity index (χ4v) is 4.94. The molecular formula is C29H30N6O4. The number of carbonyl (C=O) groups excluding carboxylic acids is 1. The highest BCUT2D eigenvalue weighted by molar-refractivity contribution is 5.96.